The zero-order valence-corrected chi connectivity index (χ0v) is 6.45. The normalized spacial score (nSPS) is 30.3. The van der Waals surface area contributed by atoms with Crippen LogP contribution in [0.15, 0.2) is 0 Å². The standard InChI is InChI=1S/C7H15BO2/c1-2-3-4-6-5-7(6)8(9)10/h6-7,9-10H,2-5H2,1H3/t6-,7-/m1/s1. The van der Waals surface area contributed by atoms with Crippen LogP contribution >= 0.6 is 0 Å². The van der Waals surface area contributed by atoms with Crippen molar-refractivity contribution in [2.45, 2.75) is 38.4 Å². The second-order valence-corrected chi connectivity index (χ2v) is 3.22. The molecule has 10 heavy (non-hydrogen) atoms. The fourth-order valence-corrected chi connectivity index (χ4v) is 1.43. The monoisotopic (exact) mass is 142 g/mol. The molecular formula is C7H15BO2. The van der Waals surface area contributed by atoms with Gasteiger partial charge in [-0.15, -0.1) is 0 Å². The lowest BCUT2D eigenvalue weighted by atomic mass is 9.81. The number of hydrogen-bond donors (Lipinski definition) is 2. The van der Waals surface area contributed by atoms with E-state index in [2.05, 4.69) is 6.92 Å². The van der Waals surface area contributed by atoms with Crippen LogP contribution in [0.25, 0.3) is 0 Å². The third-order valence-corrected chi connectivity index (χ3v) is 2.29. The van der Waals surface area contributed by atoms with Gasteiger partial charge in [0.05, 0.1) is 0 Å². The molecule has 0 bridgehead atoms. The van der Waals surface area contributed by atoms with Crippen molar-refractivity contribution in [3.8, 4) is 0 Å². The molecule has 1 fully saturated rings. The summed E-state index contributed by atoms with van der Waals surface area (Å²) >= 11 is 0. The summed E-state index contributed by atoms with van der Waals surface area (Å²) in [6.45, 7) is 2.16. The Bertz CT molecular complexity index is 106. The largest absolute Gasteiger partial charge is 0.455 e. The van der Waals surface area contributed by atoms with Crippen molar-refractivity contribution < 1.29 is 10.0 Å². The van der Waals surface area contributed by atoms with Gasteiger partial charge in [-0.25, -0.2) is 0 Å². The molecule has 0 aromatic heterocycles. The Balaban J connectivity index is 2.02. The van der Waals surface area contributed by atoms with E-state index in [1.54, 1.807) is 0 Å². The van der Waals surface area contributed by atoms with Gasteiger partial charge in [-0.1, -0.05) is 26.2 Å². The van der Waals surface area contributed by atoms with E-state index < -0.39 is 7.12 Å². The molecule has 1 aliphatic carbocycles. The highest BCUT2D eigenvalue weighted by Gasteiger charge is 2.44. The summed E-state index contributed by atoms with van der Waals surface area (Å²) in [5, 5.41) is 17.4. The SMILES string of the molecule is CCCC[C@@H]1C[C@H]1B(O)O. The van der Waals surface area contributed by atoms with Gasteiger partial charge in [0.1, 0.15) is 0 Å². The Morgan fingerprint density at radius 2 is 2.20 bits per heavy atom. The van der Waals surface area contributed by atoms with Crippen LogP contribution in [0, 0.1) is 5.92 Å². The second-order valence-electron chi connectivity index (χ2n) is 3.22. The summed E-state index contributed by atoms with van der Waals surface area (Å²) in [6, 6.07) is 0. The fraction of sp³-hybridized carbons (Fsp3) is 1.00. The summed E-state index contributed by atoms with van der Waals surface area (Å²) in [5.74, 6) is 0.812. The minimum absolute atomic E-state index is 0.201. The summed E-state index contributed by atoms with van der Waals surface area (Å²) in [6.07, 6.45) is 4.65. The molecule has 0 unspecified atom stereocenters. The van der Waals surface area contributed by atoms with Crippen LogP contribution in [0.5, 0.6) is 0 Å². The molecule has 1 rings (SSSR count). The number of unbranched alkanes of at least 4 members (excludes halogenated alkanes) is 1. The predicted octanol–water partition coefficient (Wildman–Crippen LogP) is 1.04. The van der Waals surface area contributed by atoms with Crippen LogP contribution in [0.3, 0.4) is 0 Å². The molecule has 2 nitrogen and oxygen atoms in total. The first kappa shape index (κ1) is 8.09. The molecule has 0 spiro atoms. The topological polar surface area (TPSA) is 40.5 Å². The van der Waals surface area contributed by atoms with Crippen LogP contribution in [0.4, 0.5) is 0 Å². The predicted molar refractivity (Wildman–Crippen MR) is 41.6 cm³/mol. The van der Waals surface area contributed by atoms with Crippen molar-refractivity contribution >= 4 is 7.12 Å². The molecule has 2 N–H and O–H groups in total. The van der Waals surface area contributed by atoms with Gasteiger partial charge in [0.15, 0.2) is 0 Å². The molecule has 3 heteroatoms. The van der Waals surface area contributed by atoms with E-state index in [4.69, 9.17) is 10.0 Å². The Morgan fingerprint density at radius 3 is 2.60 bits per heavy atom. The molecule has 0 radical (unpaired) electrons. The van der Waals surface area contributed by atoms with Crippen LogP contribution in [-0.2, 0) is 0 Å². The van der Waals surface area contributed by atoms with E-state index >= 15 is 0 Å². The van der Waals surface area contributed by atoms with E-state index in [1.807, 2.05) is 0 Å². The van der Waals surface area contributed by atoms with Crippen molar-refractivity contribution in [1.29, 1.82) is 0 Å². The van der Waals surface area contributed by atoms with Gasteiger partial charge in [-0.3, -0.25) is 0 Å². The van der Waals surface area contributed by atoms with E-state index in [0.29, 0.717) is 5.92 Å². The Hall–Kier alpha value is -0.0151. The lowest BCUT2D eigenvalue weighted by molar-refractivity contribution is 0.399. The third-order valence-electron chi connectivity index (χ3n) is 2.29. The van der Waals surface area contributed by atoms with Gasteiger partial charge in [-0.05, 0) is 18.2 Å². The Morgan fingerprint density at radius 1 is 1.50 bits per heavy atom. The first-order valence-corrected chi connectivity index (χ1v) is 4.11. The molecule has 0 amide bonds. The van der Waals surface area contributed by atoms with Crippen LogP contribution in [-0.4, -0.2) is 17.2 Å². The summed E-state index contributed by atoms with van der Waals surface area (Å²) < 4.78 is 0. The van der Waals surface area contributed by atoms with E-state index in [1.165, 1.54) is 19.3 Å². The van der Waals surface area contributed by atoms with E-state index in [-0.39, 0.29) is 5.82 Å². The first-order valence-electron chi connectivity index (χ1n) is 4.11. The smallest absolute Gasteiger partial charge is 0.427 e. The van der Waals surface area contributed by atoms with Gasteiger partial charge >= 0.3 is 7.12 Å². The zero-order chi connectivity index (χ0) is 7.56. The van der Waals surface area contributed by atoms with Gasteiger partial charge in [0.25, 0.3) is 0 Å². The van der Waals surface area contributed by atoms with Crippen LogP contribution < -0.4 is 0 Å². The van der Waals surface area contributed by atoms with Gasteiger partial charge in [-0.2, -0.15) is 0 Å². The molecule has 2 atom stereocenters. The maximum Gasteiger partial charge on any atom is 0.455 e. The molecule has 58 valence electrons. The maximum absolute atomic E-state index is 8.72. The van der Waals surface area contributed by atoms with Crippen LogP contribution in [0.2, 0.25) is 5.82 Å². The fourth-order valence-electron chi connectivity index (χ4n) is 1.43. The van der Waals surface area contributed by atoms with Crippen molar-refractivity contribution in [2.75, 3.05) is 0 Å². The molecule has 1 saturated carbocycles. The van der Waals surface area contributed by atoms with Crippen LogP contribution in [0.1, 0.15) is 32.6 Å². The molecule has 0 aliphatic heterocycles. The van der Waals surface area contributed by atoms with Crippen molar-refractivity contribution in [3.05, 3.63) is 0 Å². The summed E-state index contributed by atoms with van der Waals surface area (Å²) in [4.78, 5) is 0. The number of rotatable bonds is 4. The highest BCUT2D eigenvalue weighted by molar-refractivity contribution is 6.44. The quantitative estimate of drug-likeness (QED) is 0.575. The first-order chi connectivity index (χ1) is 4.75. The average molecular weight is 142 g/mol. The third kappa shape index (κ3) is 1.99. The molecule has 1 aliphatic rings. The average Bonchev–Trinajstić information content (AvgIpc) is 2.62. The summed E-state index contributed by atoms with van der Waals surface area (Å²) in [7, 11) is -1.05. The molecular weight excluding hydrogens is 127 g/mol. The minimum atomic E-state index is -1.05. The lowest BCUT2D eigenvalue weighted by Crippen LogP contribution is -2.11. The van der Waals surface area contributed by atoms with E-state index in [0.717, 1.165) is 6.42 Å². The lowest BCUT2D eigenvalue weighted by Gasteiger charge is -1.95. The van der Waals surface area contributed by atoms with Crippen molar-refractivity contribution in [2.24, 2.45) is 5.92 Å². The highest BCUT2D eigenvalue weighted by atomic mass is 16.4. The minimum Gasteiger partial charge on any atom is -0.427 e. The summed E-state index contributed by atoms with van der Waals surface area (Å²) in [5.41, 5.74) is 0. The molecule has 0 aromatic rings. The van der Waals surface area contributed by atoms with Crippen molar-refractivity contribution in [1.82, 2.24) is 0 Å². The Labute approximate surface area is 62.4 Å². The Kier molecular flexibility index (Phi) is 2.75. The molecule has 0 saturated heterocycles. The molecule has 0 heterocycles. The van der Waals surface area contributed by atoms with Gasteiger partial charge < -0.3 is 10.0 Å². The van der Waals surface area contributed by atoms with Gasteiger partial charge in [0, 0.05) is 0 Å². The van der Waals surface area contributed by atoms with Gasteiger partial charge in [0.2, 0.25) is 0 Å². The number of hydrogen-bond acceptors (Lipinski definition) is 2. The second kappa shape index (κ2) is 3.40. The molecule has 0 aromatic carbocycles. The zero-order valence-electron chi connectivity index (χ0n) is 6.45. The highest BCUT2D eigenvalue weighted by Crippen LogP contribution is 2.48. The maximum atomic E-state index is 8.72. The van der Waals surface area contributed by atoms with Crippen molar-refractivity contribution in [3.63, 3.8) is 0 Å². The van der Waals surface area contributed by atoms with E-state index in [9.17, 15) is 0 Å².